The lowest BCUT2D eigenvalue weighted by atomic mass is 9.89. The molecule has 0 aromatic carbocycles. The Morgan fingerprint density at radius 3 is 2.94 bits per heavy atom. The smallest absolute Gasteiger partial charge is 0.263 e. The molecule has 3 aromatic rings. The maximum Gasteiger partial charge on any atom is 0.263 e. The summed E-state index contributed by atoms with van der Waals surface area (Å²) < 4.78 is 1.61. The average molecular weight is 485 g/mol. The summed E-state index contributed by atoms with van der Waals surface area (Å²) in [4.78, 5) is 33.8. The van der Waals surface area contributed by atoms with Gasteiger partial charge in [-0.2, -0.15) is 5.26 Å². The molecule has 1 N–H and O–H groups in total. The van der Waals surface area contributed by atoms with Crippen LogP contribution in [0.1, 0.15) is 39.8 Å². The Balaban J connectivity index is 1.61. The average Bonchev–Trinajstić information content (AvgIpc) is 3.24. The highest BCUT2D eigenvalue weighted by molar-refractivity contribution is 7.99. The van der Waals surface area contributed by atoms with Crippen LogP contribution in [-0.4, -0.2) is 21.2 Å². The number of aromatic nitrogens is 2. The van der Waals surface area contributed by atoms with E-state index < -0.39 is 0 Å². The fourth-order valence-corrected chi connectivity index (χ4v) is 7.21. The molecule has 1 aliphatic rings. The first-order chi connectivity index (χ1) is 15.3. The fourth-order valence-electron chi connectivity index (χ4n) is 3.95. The number of hydrogen-bond donors (Lipinski definition) is 1. The first-order valence-corrected chi connectivity index (χ1v) is 13.0. The molecule has 9 heteroatoms. The summed E-state index contributed by atoms with van der Waals surface area (Å²) in [5, 5.41) is 14.1. The number of carbonyl (C=O) groups excluding carboxylic acids is 1. The number of anilines is 1. The Morgan fingerprint density at radius 2 is 2.22 bits per heavy atom. The molecule has 0 saturated carbocycles. The van der Waals surface area contributed by atoms with Crippen molar-refractivity contribution in [2.75, 3.05) is 11.1 Å². The van der Waals surface area contributed by atoms with Crippen LogP contribution in [0.2, 0.25) is 0 Å². The van der Waals surface area contributed by atoms with Crippen molar-refractivity contribution in [1.82, 2.24) is 9.55 Å². The van der Waals surface area contributed by atoms with Gasteiger partial charge >= 0.3 is 0 Å². The van der Waals surface area contributed by atoms with Gasteiger partial charge in [0.1, 0.15) is 15.9 Å². The zero-order chi connectivity index (χ0) is 23.0. The Kier molecular flexibility index (Phi) is 6.56. The van der Waals surface area contributed by atoms with Crippen molar-refractivity contribution in [3.8, 4) is 6.07 Å². The van der Waals surface area contributed by atoms with E-state index in [0.717, 1.165) is 45.5 Å². The molecule has 3 heterocycles. The molecule has 6 nitrogen and oxygen atoms in total. The van der Waals surface area contributed by atoms with Crippen molar-refractivity contribution in [3.05, 3.63) is 49.5 Å². The van der Waals surface area contributed by atoms with Crippen molar-refractivity contribution >= 4 is 55.6 Å². The van der Waals surface area contributed by atoms with Crippen LogP contribution in [-0.2, 0) is 24.2 Å². The summed E-state index contributed by atoms with van der Waals surface area (Å²) in [7, 11) is 0. The van der Waals surface area contributed by atoms with Crippen LogP contribution in [0.15, 0.2) is 22.6 Å². The van der Waals surface area contributed by atoms with Gasteiger partial charge < -0.3 is 5.32 Å². The van der Waals surface area contributed by atoms with E-state index in [1.54, 1.807) is 22.0 Å². The predicted molar refractivity (Wildman–Crippen MR) is 133 cm³/mol. The van der Waals surface area contributed by atoms with Crippen LogP contribution in [0.5, 0.6) is 0 Å². The van der Waals surface area contributed by atoms with Gasteiger partial charge in [-0.1, -0.05) is 24.8 Å². The SMILES string of the molecule is C=CCn1c(SCC(=O)Nc2sc(C)c(C)c2C#N)nc2sc3c(c2c1=O)CC[C@H](C)C3. The standard InChI is InChI=1S/C23H24N4O2S3/c1-5-8-27-22(29)19-15-7-6-12(2)9-17(15)32-21(19)26-23(27)30-11-18(28)25-20-16(10-24)13(3)14(4)31-20/h5,12H,1,6-9,11H2,2-4H3,(H,25,28)/t12-/m0/s1. The third kappa shape index (κ3) is 4.15. The van der Waals surface area contributed by atoms with E-state index in [1.165, 1.54) is 28.0 Å². The number of fused-ring (bicyclic) bond motifs is 3. The third-order valence-corrected chi connectivity index (χ3v) is 9.02. The zero-order valence-electron chi connectivity index (χ0n) is 18.3. The number of allylic oxidation sites excluding steroid dienone is 1. The summed E-state index contributed by atoms with van der Waals surface area (Å²) >= 11 is 4.24. The molecule has 0 spiro atoms. The van der Waals surface area contributed by atoms with Crippen LogP contribution in [0.4, 0.5) is 5.00 Å². The van der Waals surface area contributed by atoms with Gasteiger partial charge in [-0.25, -0.2) is 4.98 Å². The summed E-state index contributed by atoms with van der Waals surface area (Å²) in [6.07, 6.45) is 4.67. The molecule has 1 aliphatic carbocycles. The Labute approximate surface area is 199 Å². The van der Waals surface area contributed by atoms with Crippen molar-refractivity contribution in [2.45, 2.75) is 51.7 Å². The van der Waals surface area contributed by atoms with Crippen molar-refractivity contribution in [1.29, 1.82) is 5.26 Å². The number of amides is 1. The van der Waals surface area contributed by atoms with E-state index >= 15 is 0 Å². The fraction of sp³-hybridized carbons (Fsp3) is 0.391. The lowest BCUT2D eigenvalue weighted by molar-refractivity contribution is -0.113. The molecule has 32 heavy (non-hydrogen) atoms. The molecule has 0 unspecified atom stereocenters. The number of nitrogens with one attached hydrogen (secondary N) is 1. The maximum atomic E-state index is 13.3. The van der Waals surface area contributed by atoms with Gasteiger partial charge in [0.2, 0.25) is 5.91 Å². The lowest BCUT2D eigenvalue weighted by Crippen LogP contribution is -2.24. The topological polar surface area (TPSA) is 87.8 Å². The Morgan fingerprint density at radius 1 is 1.44 bits per heavy atom. The number of nitrogens with zero attached hydrogens (tertiary/aromatic N) is 3. The Hall–Kier alpha value is -2.41. The molecule has 3 aromatic heterocycles. The van der Waals surface area contributed by atoms with Crippen LogP contribution in [0, 0.1) is 31.1 Å². The summed E-state index contributed by atoms with van der Waals surface area (Å²) in [6.45, 7) is 10.2. The largest absolute Gasteiger partial charge is 0.316 e. The molecule has 0 fully saturated rings. The second kappa shape index (κ2) is 9.22. The number of carbonyl (C=O) groups is 1. The Bertz CT molecular complexity index is 1330. The number of thioether (sulfide) groups is 1. The van der Waals surface area contributed by atoms with E-state index in [4.69, 9.17) is 4.98 Å². The first kappa shape index (κ1) is 22.8. The number of thiophene rings is 2. The minimum absolute atomic E-state index is 0.0545. The normalized spacial score (nSPS) is 15.4. The van der Waals surface area contributed by atoms with Crippen LogP contribution >= 0.6 is 34.4 Å². The van der Waals surface area contributed by atoms with Crippen molar-refractivity contribution < 1.29 is 4.79 Å². The zero-order valence-corrected chi connectivity index (χ0v) is 20.7. The minimum atomic E-state index is -0.230. The van der Waals surface area contributed by atoms with Crippen LogP contribution in [0.25, 0.3) is 10.2 Å². The second-order valence-electron chi connectivity index (χ2n) is 8.07. The number of nitriles is 1. The van der Waals surface area contributed by atoms with Gasteiger partial charge in [0.05, 0.1) is 16.7 Å². The van der Waals surface area contributed by atoms with E-state index in [2.05, 4.69) is 24.9 Å². The first-order valence-electron chi connectivity index (χ1n) is 10.4. The molecule has 0 saturated heterocycles. The molecule has 0 radical (unpaired) electrons. The molecule has 0 bridgehead atoms. The number of aryl methyl sites for hydroxylation is 2. The molecule has 0 aliphatic heterocycles. The van der Waals surface area contributed by atoms with E-state index in [1.807, 2.05) is 13.8 Å². The van der Waals surface area contributed by atoms with Crippen molar-refractivity contribution in [3.63, 3.8) is 0 Å². The van der Waals surface area contributed by atoms with Gasteiger partial charge in [0.25, 0.3) is 5.56 Å². The number of hydrogen-bond acceptors (Lipinski definition) is 7. The van der Waals surface area contributed by atoms with Gasteiger partial charge in [-0.3, -0.25) is 14.2 Å². The molecule has 1 atom stereocenters. The van der Waals surface area contributed by atoms with Crippen LogP contribution < -0.4 is 10.9 Å². The highest BCUT2D eigenvalue weighted by Gasteiger charge is 2.25. The quantitative estimate of drug-likeness (QED) is 0.300. The predicted octanol–water partition coefficient (Wildman–Crippen LogP) is 5.05. The summed E-state index contributed by atoms with van der Waals surface area (Å²) in [5.41, 5.74) is 2.50. The summed E-state index contributed by atoms with van der Waals surface area (Å²) in [6, 6.07) is 2.17. The van der Waals surface area contributed by atoms with Gasteiger partial charge in [-0.15, -0.1) is 29.3 Å². The monoisotopic (exact) mass is 484 g/mol. The van der Waals surface area contributed by atoms with E-state index in [9.17, 15) is 14.9 Å². The maximum absolute atomic E-state index is 13.3. The summed E-state index contributed by atoms with van der Waals surface area (Å²) in [5.74, 6) is 0.482. The molecular formula is C23H24N4O2S3. The highest BCUT2D eigenvalue weighted by Crippen LogP contribution is 2.37. The van der Waals surface area contributed by atoms with E-state index in [-0.39, 0.29) is 17.2 Å². The lowest BCUT2D eigenvalue weighted by Gasteiger charge is -2.17. The van der Waals surface area contributed by atoms with Gasteiger partial charge in [0, 0.05) is 16.3 Å². The second-order valence-corrected chi connectivity index (χ2v) is 11.3. The van der Waals surface area contributed by atoms with E-state index in [0.29, 0.717) is 28.2 Å². The van der Waals surface area contributed by atoms with Crippen molar-refractivity contribution in [2.24, 2.45) is 5.92 Å². The number of rotatable bonds is 6. The van der Waals surface area contributed by atoms with Crippen LogP contribution in [0.3, 0.4) is 0 Å². The van der Waals surface area contributed by atoms with Gasteiger partial charge in [0.15, 0.2) is 5.16 Å². The molecule has 1 amide bonds. The van der Waals surface area contributed by atoms with Gasteiger partial charge in [-0.05, 0) is 50.2 Å². The highest BCUT2D eigenvalue weighted by atomic mass is 32.2. The third-order valence-electron chi connectivity index (χ3n) is 5.77. The molecule has 166 valence electrons. The minimum Gasteiger partial charge on any atom is -0.316 e. The molecular weight excluding hydrogens is 460 g/mol. The molecule has 4 rings (SSSR count).